The fourth-order valence-corrected chi connectivity index (χ4v) is 4.15. The van der Waals surface area contributed by atoms with Crippen molar-refractivity contribution in [1.82, 2.24) is 15.3 Å². The van der Waals surface area contributed by atoms with E-state index in [0.717, 1.165) is 11.1 Å². The molecule has 0 saturated heterocycles. The zero-order valence-corrected chi connectivity index (χ0v) is 16.3. The third-order valence-corrected chi connectivity index (χ3v) is 5.79. The number of amides is 1. The van der Waals surface area contributed by atoms with E-state index in [2.05, 4.69) is 20.6 Å². The topological polar surface area (TPSA) is 85.4 Å². The lowest BCUT2D eigenvalue weighted by Gasteiger charge is -2.30. The van der Waals surface area contributed by atoms with Crippen LogP contribution in [0.1, 0.15) is 53.1 Å². The van der Waals surface area contributed by atoms with E-state index in [-0.39, 0.29) is 31.6 Å². The van der Waals surface area contributed by atoms with E-state index in [1.165, 1.54) is 0 Å². The summed E-state index contributed by atoms with van der Waals surface area (Å²) < 4.78 is 37.8. The highest BCUT2D eigenvalue weighted by Gasteiger charge is 2.35. The fourth-order valence-electron chi connectivity index (χ4n) is 4.15. The summed E-state index contributed by atoms with van der Waals surface area (Å²) in [6.45, 7) is 0.705. The number of alkyl halides is 2. The first kappa shape index (κ1) is 19.0. The van der Waals surface area contributed by atoms with Crippen LogP contribution in [0.2, 0.25) is 0 Å². The summed E-state index contributed by atoms with van der Waals surface area (Å²) in [7, 11) is 0. The number of nitrogens with zero attached hydrogens (tertiary/aromatic N) is 2. The molecule has 0 spiro atoms. The Balaban J connectivity index is 1.43. The van der Waals surface area contributed by atoms with E-state index in [1.54, 1.807) is 0 Å². The minimum absolute atomic E-state index is 0.0907. The van der Waals surface area contributed by atoms with Gasteiger partial charge in [0.05, 0.1) is 0 Å². The summed E-state index contributed by atoms with van der Waals surface area (Å²) in [5, 5.41) is 6.14. The maximum absolute atomic E-state index is 13.5. The Morgan fingerprint density at radius 3 is 2.80 bits per heavy atom. The second-order valence-electron chi connectivity index (χ2n) is 7.96. The molecule has 30 heavy (non-hydrogen) atoms. The number of aromatic nitrogens is 2. The van der Waals surface area contributed by atoms with Gasteiger partial charge in [-0.15, -0.1) is 0 Å². The lowest BCUT2D eigenvalue weighted by molar-refractivity contribution is -0.0361. The van der Waals surface area contributed by atoms with E-state index in [9.17, 15) is 13.6 Å². The van der Waals surface area contributed by atoms with Gasteiger partial charge in [0, 0.05) is 37.4 Å². The van der Waals surface area contributed by atoms with Gasteiger partial charge in [0.2, 0.25) is 12.7 Å². The van der Waals surface area contributed by atoms with Crippen LogP contribution in [-0.2, 0) is 12.8 Å². The summed E-state index contributed by atoms with van der Waals surface area (Å²) >= 11 is 0. The second-order valence-corrected chi connectivity index (χ2v) is 7.96. The monoisotopic (exact) mass is 416 g/mol. The van der Waals surface area contributed by atoms with E-state index in [1.807, 2.05) is 18.2 Å². The number of ether oxygens (including phenoxy) is 2. The minimum atomic E-state index is -2.59. The first-order valence-corrected chi connectivity index (χ1v) is 10.2. The number of fused-ring (bicyclic) bond motifs is 2. The average molecular weight is 416 g/mol. The van der Waals surface area contributed by atoms with Gasteiger partial charge in [-0.05, 0) is 37.0 Å². The van der Waals surface area contributed by atoms with Crippen LogP contribution in [0.15, 0.2) is 18.2 Å². The molecule has 0 radical (unpaired) electrons. The number of anilines is 1. The smallest absolute Gasteiger partial charge is 0.270 e. The molecule has 9 heteroatoms. The van der Waals surface area contributed by atoms with Crippen molar-refractivity contribution in [1.29, 1.82) is 0 Å². The SMILES string of the molecule is O=C1NCCc2c(NC3CCC(F)(F)CC3)nc(Cc3ccc4c(c3)OCO4)nc21. The Kier molecular flexibility index (Phi) is 4.67. The standard InChI is InChI=1S/C21H22F2N4O3/c22-21(23)6-3-13(4-7-21)25-19-14-5-8-24-20(28)18(14)26-17(27-19)10-12-1-2-15-16(9-12)30-11-29-15/h1-2,9,13H,3-8,10-11H2,(H,24,28)(H,25,26,27). The highest BCUT2D eigenvalue weighted by molar-refractivity contribution is 5.96. The van der Waals surface area contributed by atoms with Crippen molar-refractivity contribution in [3.05, 3.63) is 40.8 Å². The largest absolute Gasteiger partial charge is 0.454 e. The van der Waals surface area contributed by atoms with Gasteiger partial charge in [0.15, 0.2) is 11.5 Å². The lowest BCUT2D eigenvalue weighted by Crippen LogP contribution is -2.36. The number of nitrogens with one attached hydrogen (secondary N) is 2. The molecular weight excluding hydrogens is 394 g/mol. The molecule has 0 unspecified atom stereocenters. The van der Waals surface area contributed by atoms with Gasteiger partial charge >= 0.3 is 0 Å². The molecule has 0 bridgehead atoms. The Labute approximate surface area is 172 Å². The van der Waals surface area contributed by atoms with Crippen LogP contribution in [0, 0.1) is 0 Å². The van der Waals surface area contributed by atoms with Crippen molar-refractivity contribution in [3.63, 3.8) is 0 Å². The molecule has 5 rings (SSSR count). The number of hydrogen-bond donors (Lipinski definition) is 2. The fraction of sp³-hybridized carbons (Fsp3) is 0.476. The quantitative estimate of drug-likeness (QED) is 0.797. The molecular formula is C21H22F2N4O3. The molecule has 0 atom stereocenters. The molecule has 1 fully saturated rings. The lowest BCUT2D eigenvalue weighted by atomic mass is 9.92. The summed E-state index contributed by atoms with van der Waals surface area (Å²) in [4.78, 5) is 21.6. The maximum atomic E-state index is 13.5. The maximum Gasteiger partial charge on any atom is 0.270 e. The molecule has 1 aromatic carbocycles. The molecule has 3 heterocycles. The van der Waals surface area contributed by atoms with Crippen molar-refractivity contribution in [2.24, 2.45) is 0 Å². The van der Waals surface area contributed by atoms with Crippen LogP contribution in [0.25, 0.3) is 0 Å². The third kappa shape index (κ3) is 3.76. The van der Waals surface area contributed by atoms with Gasteiger partial charge in [-0.1, -0.05) is 6.07 Å². The molecule has 1 saturated carbocycles. The van der Waals surface area contributed by atoms with Gasteiger partial charge in [-0.25, -0.2) is 18.7 Å². The summed E-state index contributed by atoms with van der Waals surface area (Å²) in [6, 6.07) is 5.53. The van der Waals surface area contributed by atoms with Crippen molar-refractivity contribution < 1.29 is 23.0 Å². The number of carbonyl (C=O) groups is 1. The van der Waals surface area contributed by atoms with Crippen LogP contribution in [-0.4, -0.2) is 41.2 Å². The molecule has 1 aliphatic carbocycles. The highest BCUT2D eigenvalue weighted by Crippen LogP contribution is 2.35. The van der Waals surface area contributed by atoms with Gasteiger partial charge in [-0.3, -0.25) is 4.79 Å². The zero-order valence-electron chi connectivity index (χ0n) is 16.3. The van der Waals surface area contributed by atoms with Crippen LogP contribution in [0.3, 0.4) is 0 Å². The zero-order chi connectivity index (χ0) is 20.7. The molecule has 3 aliphatic rings. The average Bonchev–Trinajstić information content (AvgIpc) is 3.18. The number of halogens is 2. The Morgan fingerprint density at radius 1 is 1.17 bits per heavy atom. The van der Waals surface area contributed by atoms with Crippen LogP contribution in [0.4, 0.5) is 14.6 Å². The summed E-state index contributed by atoms with van der Waals surface area (Å²) in [5.74, 6) is -0.378. The third-order valence-electron chi connectivity index (χ3n) is 5.79. The van der Waals surface area contributed by atoms with Crippen LogP contribution >= 0.6 is 0 Å². The van der Waals surface area contributed by atoms with Gasteiger partial charge in [-0.2, -0.15) is 0 Å². The van der Waals surface area contributed by atoms with Gasteiger partial charge in [0.1, 0.15) is 17.3 Å². The summed E-state index contributed by atoms with van der Waals surface area (Å²) in [5.41, 5.74) is 2.04. The van der Waals surface area contributed by atoms with E-state index in [0.29, 0.717) is 61.1 Å². The van der Waals surface area contributed by atoms with E-state index >= 15 is 0 Å². The van der Waals surface area contributed by atoms with Crippen molar-refractivity contribution in [2.45, 2.75) is 50.5 Å². The second kappa shape index (κ2) is 7.37. The molecule has 2 aliphatic heterocycles. The Bertz CT molecular complexity index is 988. The van der Waals surface area contributed by atoms with E-state index < -0.39 is 5.92 Å². The van der Waals surface area contributed by atoms with Crippen molar-refractivity contribution in [2.75, 3.05) is 18.7 Å². The molecule has 1 aromatic heterocycles. The Morgan fingerprint density at radius 2 is 1.97 bits per heavy atom. The number of hydrogen-bond acceptors (Lipinski definition) is 6. The molecule has 7 nitrogen and oxygen atoms in total. The Hall–Kier alpha value is -2.97. The van der Waals surface area contributed by atoms with E-state index in [4.69, 9.17) is 9.47 Å². The van der Waals surface area contributed by atoms with Crippen molar-refractivity contribution >= 4 is 11.7 Å². The molecule has 2 N–H and O–H groups in total. The first-order chi connectivity index (χ1) is 14.5. The summed E-state index contributed by atoms with van der Waals surface area (Å²) in [6.07, 6.45) is 1.49. The normalized spacial score (nSPS) is 19.9. The number of benzene rings is 1. The predicted octanol–water partition coefficient (Wildman–Crippen LogP) is 3.07. The van der Waals surface area contributed by atoms with Crippen molar-refractivity contribution in [3.8, 4) is 11.5 Å². The molecule has 158 valence electrons. The predicted molar refractivity (Wildman–Crippen MR) is 104 cm³/mol. The van der Waals surface area contributed by atoms with Gasteiger partial charge in [0.25, 0.3) is 5.91 Å². The van der Waals surface area contributed by atoms with Crippen LogP contribution in [0.5, 0.6) is 11.5 Å². The van der Waals surface area contributed by atoms with Crippen LogP contribution < -0.4 is 20.1 Å². The molecule has 1 amide bonds. The molecule has 2 aromatic rings. The highest BCUT2D eigenvalue weighted by atomic mass is 19.3. The number of carbonyl (C=O) groups excluding carboxylic acids is 1. The van der Waals surface area contributed by atoms with Gasteiger partial charge < -0.3 is 20.1 Å². The first-order valence-electron chi connectivity index (χ1n) is 10.2. The minimum Gasteiger partial charge on any atom is -0.454 e. The number of rotatable bonds is 4.